The van der Waals surface area contributed by atoms with E-state index in [0.717, 1.165) is 27.8 Å². The van der Waals surface area contributed by atoms with E-state index in [1.807, 2.05) is 31.2 Å². The Morgan fingerprint density at radius 1 is 1.16 bits per heavy atom. The summed E-state index contributed by atoms with van der Waals surface area (Å²) >= 11 is 2.58. The molecule has 0 fully saturated rings. The number of nitrogens with one attached hydrogen (secondary N) is 1. The van der Waals surface area contributed by atoms with Crippen LogP contribution in [0.1, 0.15) is 28.5 Å². The van der Waals surface area contributed by atoms with Crippen molar-refractivity contribution in [2.45, 2.75) is 38.9 Å². The molecule has 1 aliphatic rings. The molecule has 3 heterocycles. The summed E-state index contributed by atoms with van der Waals surface area (Å²) in [7, 11) is 0. The highest BCUT2D eigenvalue weighted by atomic mass is 32.2. The lowest BCUT2D eigenvalue weighted by molar-refractivity contribution is -0.129. The zero-order valence-electron chi connectivity index (χ0n) is 20.6. The molecule has 190 valence electrons. The number of anilines is 1. The third-order valence-electron chi connectivity index (χ3n) is 6.43. The lowest BCUT2D eigenvalue weighted by Crippen LogP contribution is -2.34. The second-order valence-corrected chi connectivity index (χ2v) is 11.0. The van der Waals surface area contributed by atoms with E-state index >= 15 is 0 Å². The molecule has 0 saturated carbocycles. The minimum atomic E-state index is -0.393. The molecule has 0 bridgehead atoms. The van der Waals surface area contributed by atoms with Gasteiger partial charge in [0.25, 0.3) is 5.56 Å². The third-order valence-corrected chi connectivity index (χ3v) is 8.48. The number of aromatic nitrogens is 2. The van der Waals surface area contributed by atoms with Gasteiger partial charge in [-0.15, -0.1) is 11.3 Å². The second-order valence-electron chi connectivity index (χ2n) is 9.00. The number of para-hydroxylation sites is 1. The molecule has 2 aromatic carbocycles. The first-order chi connectivity index (χ1) is 17.7. The van der Waals surface area contributed by atoms with Crippen molar-refractivity contribution in [3.05, 3.63) is 80.2 Å². The van der Waals surface area contributed by atoms with Gasteiger partial charge in [0.2, 0.25) is 11.8 Å². The Morgan fingerprint density at radius 2 is 1.95 bits per heavy atom. The van der Waals surface area contributed by atoms with E-state index < -0.39 is 5.82 Å². The summed E-state index contributed by atoms with van der Waals surface area (Å²) in [6.07, 6.45) is 0.599. The average Bonchev–Trinajstić information content (AvgIpc) is 3.23. The van der Waals surface area contributed by atoms with Gasteiger partial charge in [-0.2, -0.15) is 0 Å². The lowest BCUT2D eigenvalue weighted by atomic mass is 10.1. The van der Waals surface area contributed by atoms with Gasteiger partial charge in [-0.25, -0.2) is 9.37 Å². The van der Waals surface area contributed by atoms with Crippen LogP contribution in [0, 0.1) is 19.7 Å². The van der Waals surface area contributed by atoms with E-state index in [0.29, 0.717) is 51.8 Å². The summed E-state index contributed by atoms with van der Waals surface area (Å²) in [5.74, 6) is -0.732. The number of rotatable bonds is 5. The van der Waals surface area contributed by atoms with E-state index in [9.17, 15) is 18.8 Å². The fraction of sp³-hybridized carbons (Fsp3) is 0.259. The van der Waals surface area contributed by atoms with Gasteiger partial charge in [-0.3, -0.25) is 19.0 Å². The summed E-state index contributed by atoms with van der Waals surface area (Å²) in [6, 6.07) is 12.1. The number of nitrogens with zero attached hydrogens (tertiary/aromatic N) is 3. The van der Waals surface area contributed by atoms with Gasteiger partial charge in [-0.1, -0.05) is 36.0 Å². The van der Waals surface area contributed by atoms with Gasteiger partial charge in [0, 0.05) is 24.0 Å². The summed E-state index contributed by atoms with van der Waals surface area (Å²) in [5, 5.41) is 3.69. The minimum absolute atomic E-state index is 0.00380. The molecular formula is C27H25FN4O3S2. The van der Waals surface area contributed by atoms with Crippen LogP contribution in [0.2, 0.25) is 0 Å². The van der Waals surface area contributed by atoms with Crippen molar-refractivity contribution in [3.63, 3.8) is 0 Å². The largest absolute Gasteiger partial charge is 0.337 e. The lowest BCUT2D eigenvalue weighted by Gasteiger charge is -2.25. The topological polar surface area (TPSA) is 84.3 Å². The molecule has 10 heteroatoms. The van der Waals surface area contributed by atoms with Crippen molar-refractivity contribution in [1.29, 1.82) is 0 Å². The van der Waals surface area contributed by atoms with Gasteiger partial charge in [-0.05, 0) is 55.2 Å². The number of amides is 2. The van der Waals surface area contributed by atoms with Gasteiger partial charge in [0.1, 0.15) is 10.6 Å². The first kappa shape index (κ1) is 25.2. The highest BCUT2D eigenvalue weighted by molar-refractivity contribution is 7.99. The van der Waals surface area contributed by atoms with Crippen LogP contribution < -0.4 is 10.9 Å². The molecule has 1 N–H and O–H groups in total. The number of aryl methyl sites for hydroxylation is 2. The van der Waals surface area contributed by atoms with Gasteiger partial charge >= 0.3 is 0 Å². The maximum atomic E-state index is 13.9. The van der Waals surface area contributed by atoms with Crippen LogP contribution in [0.15, 0.2) is 52.4 Å². The highest BCUT2D eigenvalue weighted by Gasteiger charge is 2.27. The standard InChI is InChI=1S/C27H25FN4O3S2/c1-15-8-9-18(12-20(15)28)29-23(34)14-36-27-30-25-24(19-10-11-31(17(3)33)13-22(19)37-25)26(35)32(27)21-7-5-4-6-16(21)2/h4-9,12H,10-11,13-14H2,1-3H3,(H,29,34). The van der Waals surface area contributed by atoms with Crippen LogP contribution in [-0.4, -0.2) is 38.6 Å². The number of benzene rings is 2. The van der Waals surface area contributed by atoms with Crippen LogP contribution in [0.5, 0.6) is 0 Å². The first-order valence-electron chi connectivity index (χ1n) is 11.8. The number of carbonyl (C=O) groups is 2. The molecule has 2 amide bonds. The van der Waals surface area contributed by atoms with Crippen molar-refractivity contribution < 1.29 is 14.0 Å². The highest BCUT2D eigenvalue weighted by Crippen LogP contribution is 2.34. The molecule has 37 heavy (non-hydrogen) atoms. The third kappa shape index (κ3) is 4.91. The molecule has 5 rings (SSSR count). The maximum Gasteiger partial charge on any atom is 0.267 e. The Morgan fingerprint density at radius 3 is 2.68 bits per heavy atom. The summed E-state index contributed by atoms with van der Waals surface area (Å²) in [6.45, 7) is 6.16. The Labute approximate surface area is 221 Å². The van der Waals surface area contributed by atoms with Crippen molar-refractivity contribution in [1.82, 2.24) is 14.5 Å². The zero-order chi connectivity index (χ0) is 26.3. The van der Waals surface area contributed by atoms with Crippen molar-refractivity contribution in [2.75, 3.05) is 17.6 Å². The number of fused-ring (bicyclic) bond motifs is 3. The van der Waals surface area contributed by atoms with Gasteiger partial charge < -0.3 is 10.2 Å². The van der Waals surface area contributed by atoms with E-state index in [-0.39, 0.29) is 23.1 Å². The van der Waals surface area contributed by atoms with Crippen LogP contribution in [0.3, 0.4) is 0 Å². The monoisotopic (exact) mass is 536 g/mol. The second kappa shape index (κ2) is 10.1. The van der Waals surface area contributed by atoms with Crippen LogP contribution in [0.25, 0.3) is 15.9 Å². The van der Waals surface area contributed by atoms with E-state index in [4.69, 9.17) is 4.98 Å². The van der Waals surface area contributed by atoms with E-state index in [1.54, 1.807) is 35.4 Å². The zero-order valence-corrected chi connectivity index (χ0v) is 22.3. The number of hydrogen-bond donors (Lipinski definition) is 1. The summed E-state index contributed by atoms with van der Waals surface area (Å²) in [4.78, 5) is 46.8. The summed E-state index contributed by atoms with van der Waals surface area (Å²) < 4.78 is 15.5. The molecule has 0 saturated heterocycles. The quantitative estimate of drug-likeness (QED) is 0.292. The average molecular weight is 537 g/mol. The number of carbonyl (C=O) groups excluding carboxylic acids is 2. The molecule has 2 aromatic heterocycles. The number of thiophene rings is 1. The molecule has 1 aliphatic heterocycles. The van der Waals surface area contributed by atoms with E-state index in [2.05, 4.69) is 5.32 Å². The van der Waals surface area contributed by atoms with Gasteiger partial charge in [0.15, 0.2) is 5.16 Å². The molecule has 7 nitrogen and oxygen atoms in total. The Bertz CT molecular complexity index is 1610. The van der Waals surface area contributed by atoms with Crippen molar-refractivity contribution in [2.24, 2.45) is 0 Å². The predicted octanol–water partition coefficient (Wildman–Crippen LogP) is 4.84. The maximum absolute atomic E-state index is 13.9. The normalized spacial score (nSPS) is 13.0. The van der Waals surface area contributed by atoms with Gasteiger partial charge in [0.05, 0.1) is 23.4 Å². The summed E-state index contributed by atoms with van der Waals surface area (Å²) in [5.41, 5.74) is 3.24. The van der Waals surface area contributed by atoms with Crippen molar-refractivity contribution in [3.8, 4) is 5.69 Å². The van der Waals surface area contributed by atoms with Crippen LogP contribution >= 0.6 is 23.1 Å². The number of thioether (sulfide) groups is 1. The van der Waals surface area contributed by atoms with Crippen LogP contribution in [0.4, 0.5) is 10.1 Å². The van der Waals surface area contributed by atoms with E-state index in [1.165, 1.54) is 17.4 Å². The van der Waals surface area contributed by atoms with Crippen LogP contribution in [-0.2, 0) is 22.6 Å². The first-order valence-corrected chi connectivity index (χ1v) is 13.6. The number of hydrogen-bond acceptors (Lipinski definition) is 6. The molecule has 4 aromatic rings. The SMILES string of the molecule is CC(=O)N1CCc2c(sc3nc(SCC(=O)Nc4ccc(C)c(F)c4)n(-c4ccccc4C)c(=O)c23)C1. The predicted molar refractivity (Wildman–Crippen MR) is 145 cm³/mol. The van der Waals surface area contributed by atoms with Crippen molar-refractivity contribution >= 4 is 50.8 Å². The molecule has 0 unspecified atom stereocenters. The Hall–Kier alpha value is -3.50. The molecular weight excluding hydrogens is 511 g/mol. The Balaban J connectivity index is 1.53. The smallest absolute Gasteiger partial charge is 0.267 e. The fourth-order valence-electron chi connectivity index (χ4n) is 4.41. The molecule has 0 radical (unpaired) electrons. The Kier molecular flexibility index (Phi) is 6.87. The minimum Gasteiger partial charge on any atom is -0.337 e. The molecule has 0 atom stereocenters. The fourth-order valence-corrected chi connectivity index (χ4v) is 6.50. The number of halogens is 1. The molecule has 0 spiro atoms. The molecule has 0 aliphatic carbocycles.